The summed E-state index contributed by atoms with van der Waals surface area (Å²) >= 11 is 0. The van der Waals surface area contributed by atoms with Crippen LogP contribution in [0.5, 0.6) is 0 Å². The van der Waals surface area contributed by atoms with Gasteiger partial charge in [-0.2, -0.15) is 0 Å². The van der Waals surface area contributed by atoms with Crippen LogP contribution >= 0.6 is 0 Å². The molecule has 3 saturated heterocycles. The van der Waals surface area contributed by atoms with Crippen molar-refractivity contribution in [3.8, 4) is 0 Å². The molecule has 6 rings (SSSR count). The minimum absolute atomic E-state index is 0.275. The topological polar surface area (TPSA) is 92.5 Å². The number of hydrogen-bond acceptors (Lipinski definition) is 8. The molecule has 3 aliphatic rings. The van der Waals surface area contributed by atoms with Gasteiger partial charge >= 0.3 is 0 Å². The number of rotatable bonds is 7. The van der Waals surface area contributed by atoms with Gasteiger partial charge in [0.05, 0.1) is 12.3 Å². The van der Waals surface area contributed by atoms with Crippen LogP contribution in [0.15, 0.2) is 91.0 Å². The van der Waals surface area contributed by atoms with Gasteiger partial charge in [-0.05, 0) is 37.1 Å². The van der Waals surface area contributed by atoms with Crippen LogP contribution in [0.1, 0.15) is 31.1 Å². The van der Waals surface area contributed by atoms with Gasteiger partial charge in [-0.15, -0.1) is 0 Å². The van der Waals surface area contributed by atoms with Crippen LogP contribution in [0.2, 0.25) is 0 Å². The van der Waals surface area contributed by atoms with E-state index in [0.717, 1.165) is 5.56 Å². The van der Waals surface area contributed by atoms with Gasteiger partial charge in [0.25, 0.3) is 6.04 Å². The van der Waals surface area contributed by atoms with Gasteiger partial charge in [0.2, 0.25) is 0 Å². The van der Waals surface area contributed by atoms with Crippen molar-refractivity contribution in [3.63, 3.8) is 0 Å². The van der Waals surface area contributed by atoms with Gasteiger partial charge in [0, 0.05) is 4.92 Å². The van der Waals surface area contributed by atoms with Gasteiger partial charge < -0.3 is 18.9 Å². The van der Waals surface area contributed by atoms with E-state index >= 15 is 0 Å². The first kappa shape index (κ1) is 25.0. The summed E-state index contributed by atoms with van der Waals surface area (Å²) in [6.45, 7) is 3.93. The fourth-order valence-corrected chi connectivity index (χ4v) is 5.58. The number of nitro groups is 1. The van der Waals surface area contributed by atoms with Crippen LogP contribution in [0.3, 0.4) is 0 Å². The van der Waals surface area contributed by atoms with Crippen LogP contribution in [-0.4, -0.2) is 47.4 Å². The maximum atomic E-state index is 12.7. The number of benzene rings is 3. The molecule has 198 valence electrons. The van der Waals surface area contributed by atoms with E-state index in [4.69, 9.17) is 23.8 Å². The van der Waals surface area contributed by atoms with E-state index in [1.807, 2.05) is 105 Å². The summed E-state index contributed by atoms with van der Waals surface area (Å²) < 4.78 is 25.1. The molecule has 0 N–H and O–H groups in total. The molecular formula is C29H30N2O7. The molecular weight excluding hydrogens is 488 g/mol. The number of para-hydroxylation sites is 1. The lowest BCUT2D eigenvalue weighted by Gasteiger charge is -2.33. The lowest BCUT2D eigenvalue weighted by molar-refractivity contribution is -0.532. The molecule has 0 amide bonds. The van der Waals surface area contributed by atoms with Gasteiger partial charge in [0.15, 0.2) is 24.2 Å². The van der Waals surface area contributed by atoms with Gasteiger partial charge in [-0.3, -0.25) is 15.0 Å². The molecule has 7 atom stereocenters. The third kappa shape index (κ3) is 4.68. The Morgan fingerprint density at radius 1 is 0.895 bits per heavy atom. The van der Waals surface area contributed by atoms with Crippen molar-refractivity contribution in [2.24, 2.45) is 0 Å². The van der Waals surface area contributed by atoms with E-state index in [2.05, 4.69) is 0 Å². The summed E-state index contributed by atoms with van der Waals surface area (Å²) in [5.41, 5.74) is 2.38. The van der Waals surface area contributed by atoms with Crippen molar-refractivity contribution in [2.45, 2.75) is 69.0 Å². The fraction of sp³-hybridized carbons (Fsp3) is 0.379. The highest BCUT2D eigenvalue weighted by atomic mass is 16.8. The summed E-state index contributed by atoms with van der Waals surface area (Å²) in [6.07, 6.45) is -3.52. The molecule has 9 nitrogen and oxygen atoms in total. The maximum absolute atomic E-state index is 12.7. The van der Waals surface area contributed by atoms with Crippen LogP contribution in [0, 0.1) is 10.1 Å². The fourth-order valence-electron chi connectivity index (χ4n) is 5.58. The van der Waals surface area contributed by atoms with Crippen molar-refractivity contribution < 1.29 is 28.7 Å². The molecule has 3 fully saturated rings. The second-order valence-corrected chi connectivity index (χ2v) is 10.2. The quantitative estimate of drug-likeness (QED) is 0.330. The minimum Gasteiger partial charge on any atom is -0.368 e. The second-order valence-electron chi connectivity index (χ2n) is 10.2. The SMILES string of the molecule is CC1(C)O[C@H]2O[C@H]([C@@H]3[C@@H]([N+](=O)[O-])[C@H](c4ccccc4)ON3c3ccccc3)[C@H](OCc3ccccc3)[C@H]2O1. The minimum atomic E-state index is -1.14. The molecule has 0 spiro atoms. The van der Waals surface area contributed by atoms with E-state index in [0.29, 0.717) is 17.9 Å². The molecule has 3 aromatic rings. The molecule has 0 bridgehead atoms. The Morgan fingerprint density at radius 3 is 2.18 bits per heavy atom. The average molecular weight is 519 g/mol. The maximum Gasteiger partial charge on any atom is 0.270 e. The molecule has 9 heteroatoms. The van der Waals surface area contributed by atoms with E-state index in [-0.39, 0.29) is 4.92 Å². The zero-order valence-electron chi connectivity index (χ0n) is 21.2. The van der Waals surface area contributed by atoms with Gasteiger partial charge in [-0.1, -0.05) is 78.9 Å². The predicted molar refractivity (Wildman–Crippen MR) is 137 cm³/mol. The van der Waals surface area contributed by atoms with Crippen molar-refractivity contribution in [1.82, 2.24) is 0 Å². The third-order valence-electron chi connectivity index (χ3n) is 7.19. The average Bonchev–Trinajstić information content (AvgIpc) is 3.56. The smallest absolute Gasteiger partial charge is 0.270 e. The number of fused-ring (bicyclic) bond motifs is 1. The standard InChI is InChI=1S/C29H30N2O7/c1-29(2)36-27-26(34-18-19-12-6-3-7-13-19)25(35-28(27)37-29)22-23(31(32)33)24(20-14-8-4-9-15-20)38-30(22)21-16-10-5-11-17-21/h3-17,22-28H,18H2,1-2H3/t22-,23+,24-,25+,26-,27+,28+/m0/s1. The van der Waals surface area contributed by atoms with Crippen LogP contribution in [0.4, 0.5) is 5.69 Å². The molecule has 38 heavy (non-hydrogen) atoms. The van der Waals surface area contributed by atoms with Crippen molar-refractivity contribution in [1.29, 1.82) is 0 Å². The molecule has 0 aromatic heterocycles. The van der Waals surface area contributed by atoms with Crippen molar-refractivity contribution in [3.05, 3.63) is 112 Å². The highest BCUT2D eigenvalue weighted by molar-refractivity contribution is 5.47. The number of nitrogens with zero attached hydrogens (tertiary/aromatic N) is 2. The van der Waals surface area contributed by atoms with E-state index in [1.165, 1.54) is 0 Å². The zero-order chi connectivity index (χ0) is 26.3. The summed E-state index contributed by atoms with van der Waals surface area (Å²) in [5.74, 6) is -0.866. The molecule has 0 saturated carbocycles. The molecule has 0 radical (unpaired) electrons. The Kier molecular flexibility index (Phi) is 6.63. The largest absolute Gasteiger partial charge is 0.368 e. The third-order valence-corrected chi connectivity index (χ3v) is 7.19. The second kappa shape index (κ2) is 10.1. The highest BCUT2D eigenvalue weighted by Gasteiger charge is 2.65. The first-order valence-corrected chi connectivity index (χ1v) is 12.8. The summed E-state index contributed by atoms with van der Waals surface area (Å²) in [7, 11) is 0. The van der Waals surface area contributed by atoms with Crippen molar-refractivity contribution >= 4 is 5.69 Å². The Morgan fingerprint density at radius 2 is 1.53 bits per heavy atom. The van der Waals surface area contributed by atoms with E-state index in [9.17, 15) is 10.1 Å². The lowest BCUT2D eigenvalue weighted by atomic mass is 9.91. The Balaban J connectivity index is 1.39. The normalized spacial score (nSPS) is 31.8. The molecule has 3 aliphatic heterocycles. The molecule has 3 heterocycles. The van der Waals surface area contributed by atoms with Crippen molar-refractivity contribution in [2.75, 3.05) is 5.06 Å². The number of hydroxylamine groups is 1. The monoisotopic (exact) mass is 518 g/mol. The zero-order valence-corrected chi connectivity index (χ0v) is 21.2. The van der Waals surface area contributed by atoms with Crippen LogP contribution in [-0.2, 0) is 30.4 Å². The number of ether oxygens (including phenoxy) is 4. The molecule has 3 aromatic carbocycles. The number of anilines is 1. The predicted octanol–water partition coefficient (Wildman–Crippen LogP) is 4.66. The van der Waals surface area contributed by atoms with Crippen LogP contribution in [0.25, 0.3) is 0 Å². The first-order chi connectivity index (χ1) is 18.4. The Bertz CT molecular complexity index is 1240. The first-order valence-electron chi connectivity index (χ1n) is 12.8. The molecule has 0 unspecified atom stereocenters. The van der Waals surface area contributed by atoms with Gasteiger partial charge in [-0.25, -0.2) is 5.06 Å². The summed E-state index contributed by atoms with van der Waals surface area (Å²) in [4.78, 5) is 18.8. The summed E-state index contributed by atoms with van der Waals surface area (Å²) in [6, 6.07) is 26.4. The highest BCUT2D eigenvalue weighted by Crippen LogP contribution is 2.46. The van der Waals surface area contributed by atoms with Gasteiger partial charge in [0.1, 0.15) is 18.3 Å². The summed E-state index contributed by atoms with van der Waals surface area (Å²) in [5, 5.41) is 14.3. The Labute approximate surface area is 220 Å². The van der Waals surface area contributed by atoms with E-state index in [1.54, 1.807) is 5.06 Å². The Hall–Kier alpha value is -3.34. The lowest BCUT2D eigenvalue weighted by Crippen LogP contribution is -2.53. The molecule has 0 aliphatic carbocycles. The van der Waals surface area contributed by atoms with Crippen LogP contribution < -0.4 is 5.06 Å². The van der Waals surface area contributed by atoms with E-state index < -0.39 is 48.6 Å². The number of hydrogen-bond donors (Lipinski definition) is 0.